The standard InChI is InChI=1S/C6H13NO.C2H2O4/c1-5(8)4-6(2,3)7;3-1(4)2(5)6/h4,7H2,1-3H3;(H,3,4)(H,5,6). The van der Waals surface area contributed by atoms with Gasteiger partial charge in [-0.3, -0.25) is 4.79 Å². The van der Waals surface area contributed by atoms with Crippen molar-refractivity contribution in [3.63, 3.8) is 0 Å². The molecule has 0 saturated heterocycles. The average Bonchev–Trinajstić information content (AvgIpc) is 1.81. The third kappa shape index (κ3) is 16.9. The summed E-state index contributed by atoms with van der Waals surface area (Å²) in [4.78, 5) is 28.6. The van der Waals surface area contributed by atoms with Gasteiger partial charge in [-0.05, 0) is 20.8 Å². The van der Waals surface area contributed by atoms with E-state index in [2.05, 4.69) is 0 Å². The highest BCUT2D eigenvalue weighted by Crippen LogP contribution is 2.02. The van der Waals surface area contributed by atoms with Crippen LogP contribution in [0.5, 0.6) is 0 Å². The Hall–Kier alpha value is -1.43. The summed E-state index contributed by atoms with van der Waals surface area (Å²) in [6.07, 6.45) is 0.465. The number of carbonyl (C=O) groups is 3. The van der Waals surface area contributed by atoms with Crippen LogP contribution in [0.3, 0.4) is 0 Å². The number of nitrogens with two attached hydrogens (primary N) is 1. The van der Waals surface area contributed by atoms with E-state index in [4.69, 9.17) is 25.5 Å². The highest BCUT2D eigenvalue weighted by Gasteiger charge is 2.12. The molecule has 0 radical (unpaired) electrons. The van der Waals surface area contributed by atoms with Gasteiger partial charge in [0, 0.05) is 12.0 Å². The second kappa shape index (κ2) is 6.09. The number of carboxylic acids is 2. The van der Waals surface area contributed by atoms with E-state index in [0.29, 0.717) is 6.42 Å². The maximum atomic E-state index is 10.4. The van der Waals surface area contributed by atoms with E-state index in [0.717, 1.165) is 0 Å². The predicted octanol–water partition coefficient (Wildman–Crippen LogP) is -0.142. The lowest BCUT2D eigenvalue weighted by Gasteiger charge is -2.14. The molecule has 0 atom stereocenters. The summed E-state index contributed by atoms with van der Waals surface area (Å²) >= 11 is 0. The molecule has 4 N–H and O–H groups in total. The van der Waals surface area contributed by atoms with E-state index in [1.54, 1.807) is 6.92 Å². The molecule has 0 aliphatic heterocycles. The fraction of sp³-hybridized carbons (Fsp3) is 0.625. The van der Waals surface area contributed by atoms with Crippen molar-refractivity contribution in [1.82, 2.24) is 0 Å². The van der Waals surface area contributed by atoms with Gasteiger partial charge in [-0.15, -0.1) is 0 Å². The van der Waals surface area contributed by atoms with Crippen LogP contribution in [0.15, 0.2) is 0 Å². The molecular weight excluding hydrogens is 190 g/mol. The van der Waals surface area contributed by atoms with Gasteiger partial charge in [0.2, 0.25) is 0 Å². The maximum absolute atomic E-state index is 10.4. The number of Topliss-reactive ketones (excluding diaryl/α,β-unsaturated/α-hetero) is 1. The van der Waals surface area contributed by atoms with E-state index in [9.17, 15) is 4.79 Å². The van der Waals surface area contributed by atoms with Crippen LogP contribution in [0.2, 0.25) is 0 Å². The molecule has 0 aliphatic carbocycles. The fourth-order valence-electron chi connectivity index (χ4n) is 0.642. The summed E-state index contributed by atoms with van der Waals surface area (Å²) in [6, 6.07) is 0. The lowest BCUT2D eigenvalue weighted by molar-refractivity contribution is -0.159. The topological polar surface area (TPSA) is 118 Å². The Morgan fingerprint density at radius 3 is 1.43 bits per heavy atom. The Balaban J connectivity index is 0. The Morgan fingerprint density at radius 1 is 1.14 bits per heavy atom. The number of carboxylic acid groups (broad SMARTS) is 2. The zero-order valence-corrected chi connectivity index (χ0v) is 8.40. The molecule has 0 aliphatic rings. The van der Waals surface area contributed by atoms with Crippen molar-refractivity contribution in [2.45, 2.75) is 32.7 Å². The minimum absolute atomic E-state index is 0.150. The van der Waals surface area contributed by atoms with Gasteiger partial charge in [0.1, 0.15) is 5.78 Å². The van der Waals surface area contributed by atoms with Crippen LogP contribution < -0.4 is 5.73 Å². The van der Waals surface area contributed by atoms with E-state index in [1.807, 2.05) is 13.8 Å². The molecular formula is C8H15NO5. The van der Waals surface area contributed by atoms with Crippen LogP contribution in [0.25, 0.3) is 0 Å². The van der Waals surface area contributed by atoms with Crippen molar-refractivity contribution in [3.8, 4) is 0 Å². The van der Waals surface area contributed by atoms with Crippen LogP contribution >= 0.6 is 0 Å². The van der Waals surface area contributed by atoms with E-state index in [1.165, 1.54) is 0 Å². The Kier molecular flexibility index (Phi) is 6.55. The molecule has 0 aromatic rings. The Bertz CT molecular complexity index is 216. The van der Waals surface area contributed by atoms with Gasteiger partial charge in [0.15, 0.2) is 0 Å². The van der Waals surface area contributed by atoms with Crippen LogP contribution in [0, 0.1) is 0 Å². The van der Waals surface area contributed by atoms with E-state index < -0.39 is 11.9 Å². The van der Waals surface area contributed by atoms with Crippen LogP contribution in [0.1, 0.15) is 27.2 Å². The summed E-state index contributed by atoms with van der Waals surface area (Å²) in [7, 11) is 0. The minimum Gasteiger partial charge on any atom is -0.473 e. The Morgan fingerprint density at radius 2 is 1.43 bits per heavy atom. The molecule has 0 fully saturated rings. The largest absolute Gasteiger partial charge is 0.473 e. The van der Waals surface area contributed by atoms with E-state index >= 15 is 0 Å². The second-order valence-corrected chi connectivity index (χ2v) is 3.48. The number of carbonyl (C=O) groups excluding carboxylic acids is 1. The minimum atomic E-state index is -1.82. The number of rotatable bonds is 2. The lowest BCUT2D eigenvalue weighted by atomic mass is 10.0. The molecule has 6 nitrogen and oxygen atoms in total. The van der Waals surface area contributed by atoms with Gasteiger partial charge in [0.05, 0.1) is 0 Å². The number of ketones is 1. The lowest BCUT2D eigenvalue weighted by Crippen LogP contribution is -2.33. The molecule has 6 heteroatoms. The van der Waals surface area contributed by atoms with E-state index in [-0.39, 0.29) is 11.3 Å². The third-order valence-corrected chi connectivity index (χ3v) is 0.888. The molecule has 0 bridgehead atoms. The Labute approximate surface area is 81.7 Å². The summed E-state index contributed by atoms with van der Waals surface area (Å²) in [5, 5.41) is 14.8. The molecule has 0 amide bonds. The predicted molar refractivity (Wildman–Crippen MR) is 48.8 cm³/mol. The zero-order valence-electron chi connectivity index (χ0n) is 8.40. The summed E-state index contributed by atoms with van der Waals surface area (Å²) < 4.78 is 0. The highest BCUT2D eigenvalue weighted by atomic mass is 16.4. The van der Waals surface area contributed by atoms with Gasteiger partial charge < -0.3 is 15.9 Å². The summed E-state index contributed by atoms with van der Waals surface area (Å²) in [5.41, 5.74) is 5.19. The van der Waals surface area contributed by atoms with Gasteiger partial charge in [-0.2, -0.15) is 0 Å². The van der Waals surface area contributed by atoms with Crippen molar-refractivity contribution in [2.24, 2.45) is 5.73 Å². The average molecular weight is 205 g/mol. The van der Waals surface area contributed by atoms with Crippen molar-refractivity contribution in [1.29, 1.82) is 0 Å². The quantitative estimate of drug-likeness (QED) is 0.540. The molecule has 0 rings (SSSR count). The molecule has 0 unspecified atom stereocenters. The number of hydrogen-bond acceptors (Lipinski definition) is 4. The first-order chi connectivity index (χ1) is 6.06. The van der Waals surface area contributed by atoms with Gasteiger partial charge in [-0.1, -0.05) is 0 Å². The van der Waals surface area contributed by atoms with Gasteiger partial charge >= 0.3 is 11.9 Å². The van der Waals surface area contributed by atoms with Crippen molar-refractivity contribution < 1.29 is 24.6 Å². The third-order valence-electron chi connectivity index (χ3n) is 0.888. The number of aliphatic carboxylic acids is 2. The molecule has 0 aromatic heterocycles. The number of hydrogen-bond donors (Lipinski definition) is 3. The SMILES string of the molecule is CC(=O)CC(C)(C)N.O=C(O)C(=O)O. The molecule has 0 saturated carbocycles. The van der Waals surface area contributed by atoms with Crippen molar-refractivity contribution >= 4 is 17.7 Å². The fourth-order valence-corrected chi connectivity index (χ4v) is 0.642. The van der Waals surface area contributed by atoms with Crippen LogP contribution in [-0.2, 0) is 14.4 Å². The first kappa shape index (κ1) is 15.1. The molecule has 14 heavy (non-hydrogen) atoms. The first-order valence-electron chi connectivity index (χ1n) is 3.81. The highest BCUT2D eigenvalue weighted by molar-refractivity contribution is 6.27. The van der Waals surface area contributed by atoms with Crippen molar-refractivity contribution in [3.05, 3.63) is 0 Å². The monoisotopic (exact) mass is 205 g/mol. The second-order valence-electron chi connectivity index (χ2n) is 3.48. The summed E-state index contributed by atoms with van der Waals surface area (Å²) in [6.45, 7) is 5.23. The van der Waals surface area contributed by atoms with Gasteiger partial charge in [-0.25, -0.2) is 9.59 Å². The zero-order chi connectivity index (χ0) is 11.9. The molecule has 0 spiro atoms. The molecule has 0 aromatic carbocycles. The molecule has 0 heterocycles. The normalized spacial score (nSPS) is 9.71. The first-order valence-corrected chi connectivity index (χ1v) is 3.81. The van der Waals surface area contributed by atoms with Crippen molar-refractivity contribution in [2.75, 3.05) is 0 Å². The van der Waals surface area contributed by atoms with Crippen LogP contribution in [0.4, 0.5) is 0 Å². The smallest absolute Gasteiger partial charge is 0.414 e. The summed E-state index contributed by atoms with van der Waals surface area (Å²) in [5.74, 6) is -3.50. The molecule has 82 valence electrons. The van der Waals surface area contributed by atoms with Gasteiger partial charge in [0.25, 0.3) is 0 Å². The van der Waals surface area contributed by atoms with Crippen LogP contribution in [-0.4, -0.2) is 33.5 Å². The maximum Gasteiger partial charge on any atom is 0.414 e.